The number of carboxylic acid groups (broad SMARTS) is 1. The molecule has 0 bridgehead atoms. The van der Waals surface area contributed by atoms with Gasteiger partial charge in [-0.1, -0.05) is 64.7 Å². The van der Waals surface area contributed by atoms with Gasteiger partial charge >= 0.3 is 5.97 Å². The van der Waals surface area contributed by atoms with Gasteiger partial charge < -0.3 is 15.2 Å². The van der Waals surface area contributed by atoms with Crippen LogP contribution in [0.25, 0.3) is 10.8 Å². The van der Waals surface area contributed by atoms with Crippen molar-refractivity contribution in [2.24, 2.45) is 5.92 Å². The maximum absolute atomic E-state index is 13.7. The molecule has 43 heavy (non-hydrogen) atoms. The fourth-order valence-electron chi connectivity index (χ4n) is 5.68. The smallest absolute Gasteiger partial charge is 0.326 e. The molecule has 1 atom stereocenters. The minimum absolute atomic E-state index is 0.0359. The number of nitrogens with zero attached hydrogens (tertiary/aromatic N) is 1. The Hall–Kier alpha value is -4.33. The molecule has 1 saturated carbocycles. The van der Waals surface area contributed by atoms with Crippen molar-refractivity contribution >= 4 is 22.6 Å². The van der Waals surface area contributed by atoms with Crippen LogP contribution >= 0.6 is 0 Å². The molecule has 3 aromatic carbocycles. The quantitative estimate of drug-likeness (QED) is 0.209. The lowest BCUT2D eigenvalue weighted by Crippen LogP contribution is -2.42. The lowest BCUT2D eigenvalue weighted by atomic mass is 9.87. The van der Waals surface area contributed by atoms with Gasteiger partial charge in [-0.05, 0) is 76.7 Å². The number of carbonyl (C=O) groups excluding carboxylic acids is 1. The zero-order valence-corrected chi connectivity index (χ0v) is 24.6. The van der Waals surface area contributed by atoms with Crippen LogP contribution < -0.4 is 10.1 Å². The molecule has 0 unspecified atom stereocenters. The van der Waals surface area contributed by atoms with Gasteiger partial charge in [-0.3, -0.25) is 4.79 Å². The highest BCUT2D eigenvalue weighted by atomic mass is 19.1. The highest BCUT2D eigenvalue weighted by Gasteiger charge is 2.25. The van der Waals surface area contributed by atoms with Crippen LogP contribution in [0, 0.1) is 17.6 Å². The summed E-state index contributed by atoms with van der Waals surface area (Å²) in [6.45, 7) is 6.48. The monoisotopic (exact) mass is 586 g/mol. The highest BCUT2D eigenvalue weighted by molar-refractivity contribution is 5.99. The number of pyridine rings is 1. The topological polar surface area (TPSA) is 88.5 Å². The minimum atomic E-state index is -1.40. The Bertz CT molecular complexity index is 1620. The fourth-order valence-corrected chi connectivity index (χ4v) is 5.68. The van der Waals surface area contributed by atoms with Crippen molar-refractivity contribution in [3.63, 3.8) is 0 Å². The average molecular weight is 587 g/mol. The van der Waals surface area contributed by atoms with Crippen molar-refractivity contribution in [2.45, 2.75) is 70.8 Å². The second-order valence-electron chi connectivity index (χ2n) is 12.4. The first-order chi connectivity index (χ1) is 20.4. The summed E-state index contributed by atoms with van der Waals surface area (Å²) in [7, 11) is 0. The maximum Gasteiger partial charge on any atom is 0.326 e. The van der Waals surface area contributed by atoms with E-state index < -0.39 is 29.6 Å². The fraction of sp³-hybridized carbons (Fsp3) is 0.343. The molecule has 1 fully saturated rings. The van der Waals surface area contributed by atoms with Gasteiger partial charge in [0.1, 0.15) is 34.9 Å². The SMILES string of the molecule is CC(C)(C)c1ccc(Oc2ccc3cc(C(=O)N[C@@H](Cc4cc(F)cc(F)c4)C(=O)O)nc(CC4CCCC4)c3c2)cc1. The van der Waals surface area contributed by atoms with Crippen LogP contribution in [0.3, 0.4) is 0 Å². The Morgan fingerprint density at radius 1 is 0.953 bits per heavy atom. The van der Waals surface area contributed by atoms with Crippen LogP contribution in [0.4, 0.5) is 8.78 Å². The van der Waals surface area contributed by atoms with Gasteiger partial charge in [-0.25, -0.2) is 18.6 Å². The Balaban J connectivity index is 1.42. The number of ether oxygens (including phenoxy) is 1. The number of hydrogen-bond donors (Lipinski definition) is 2. The zero-order chi connectivity index (χ0) is 30.7. The summed E-state index contributed by atoms with van der Waals surface area (Å²) in [6, 6.07) is 16.7. The van der Waals surface area contributed by atoms with Gasteiger partial charge in [0.25, 0.3) is 5.91 Å². The summed E-state index contributed by atoms with van der Waals surface area (Å²) in [5.74, 6) is -1.81. The maximum atomic E-state index is 13.7. The molecule has 0 aliphatic heterocycles. The average Bonchev–Trinajstić information content (AvgIpc) is 3.45. The second-order valence-corrected chi connectivity index (χ2v) is 12.4. The van der Waals surface area contributed by atoms with E-state index in [4.69, 9.17) is 9.72 Å². The lowest BCUT2D eigenvalue weighted by molar-refractivity contribution is -0.139. The Kier molecular flexibility index (Phi) is 8.76. The van der Waals surface area contributed by atoms with E-state index in [0.717, 1.165) is 54.3 Å². The predicted molar refractivity (Wildman–Crippen MR) is 162 cm³/mol. The summed E-state index contributed by atoms with van der Waals surface area (Å²) in [5, 5.41) is 13.9. The van der Waals surface area contributed by atoms with Gasteiger partial charge in [-0.15, -0.1) is 0 Å². The van der Waals surface area contributed by atoms with E-state index in [1.54, 1.807) is 6.07 Å². The van der Waals surface area contributed by atoms with Gasteiger partial charge in [0.2, 0.25) is 0 Å². The molecule has 1 heterocycles. The van der Waals surface area contributed by atoms with E-state index in [1.807, 2.05) is 30.3 Å². The van der Waals surface area contributed by atoms with Gasteiger partial charge in [0.05, 0.1) is 0 Å². The number of carbonyl (C=O) groups is 2. The number of rotatable bonds is 9. The first kappa shape index (κ1) is 30.1. The lowest BCUT2D eigenvalue weighted by Gasteiger charge is -2.19. The molecule has 0 spiro atoms. The van der Waals surface area contributed by atoms with E-state index in [9.17, 15) is 23.5 Å². The number of aromatic nitrogens is 1. The number of amides is 1. The molecule has 2 N–H and O–H groups in total. The summed E-state index contributed by atoms with van der Waals surface area (Å²) in [6.07, 6.45) is 4.88. The van der Waals surface area contributed by atoms with Crippen molar-refractivity contribution in [1.82, 2.24) is 10.3 Å². The van der Waals surface area contributed by atoms with E-state index >= 15 is 0 Å². The van der Waals surface area contributed by atoms with E-state index in [0.29, 0.717) is 29.9 Å². The standard InChI is InChI=1S/C35H36F2N2O4/c1-35(2,3)24-9-12-27(13-10-24)43-28-11-8-23-18-31(38-30(29(23)20-28)16-21-6-4-5-7-21)33(40)39-32(34(41)42)17-22-14-25(36)19-26(37)15-22/h8-15,18-21,32H,4-7,16-17H2,1-3H3,(H,39,40)(H,41,42)/t32-/m0/s1. The summed E-state index contributed by atoms with van der Waals surface area (Å²) in [4.78, 5) is 30.0. The Morgan fingerprint density at radius 2 is 1.60 bits per heavy atom. The molecule has 1 amide bonds. The number of aliphatic carboxylic acids is 1. The molecule has 6 nitrogen and oxygen atoms in total. The largest absolute Gasteiger partial charge is 0.480 e. The van der Waals surface area contributed by atoms with Crippen LogP contribution in [0.15, 0.2) is 66.7 Å². The van der Waals surface area contributed by atoms with Crippen LogP contribution in [0.5, 0.6) is 11.5 Å². The van der Waals surface area contributed by atoms with Gasteiger partial charge in [-0.2, -0.15) is 0 Å². The zero-order valence-electron chi connectivity index (χ0n) is 24.6. The molecular weight excluding hydrogens is 550 g/mol. The van der Waals surface area contributed by atoms with Gasteiger partial charge in [0, 0.05) is 23.6 Å². The molecule has 0 radical (unpaired) electrons. The number of hydrogen-bond acceptors (Lipinski definition) is 4. The number of benzene rings is 3. The molecule has 4 aromatic rings. The van der Waals surface area contributed by atoms with E-state index in [1.165, 1.54) is 5.56 Å². The van der Waals surface area contributed by atoms with Gasteiger partial charge in [0.15, 0.2) is 0 Å². The molecule has 5 rings (SSSR count). The highest BCUT2D eigenvalue weighted by Crippen LogP contribution is 2.33. The first-order valence-electron chi connectivity index (χ1n) is 14.7. The van der Waals surface area contributed by atoms with E-state index in [-0.39, 0.29) is 23.1 Å². The first-order valence-corrected chi connectivity index (χ1v) is 14.7. The van der Waals surface area contributed by atoms with E-state index in [2.05, 4.69) is 38.2 Å². The van der Waals surface area contributed by atoms with Crippen molar-refractivity contribution in [3.8, 4) is 11.5 Å². The normalized spacial score (nSPS) is 14.5. The van der Waals surface area contributed by atoms with Crippen LogP contribution in [-0.4, -0.2) is 28.0 Å². The number of halogens is 2. The summed E-state index contributed by atoms with van der Waals surface area (Å²) >= 11 is 0. The van der Waals surface area contributed by atoms with Crippen molar-refractivity contribution in [3.05, 3.63) is 101 Å². The molecular formula is C35H36F2N2O4. The third-order valence-corrected chi connectivity index (χ3v) is 7.99. The Labute approximate surface area is 250 Å². The minimum Gasteiger partial charge on any atom is -0.480 e. The number of nitrogens with one attached hydrogen (secondary N) is 1. The van der Waals surface area contributed by atoms with Crippen LogP contribution in [0.1, 0.15) is 73.8 Å². The third kappa shape index (κ3) is 7.55. The van der Waals surface area contributed by atoms with Crippen molar-refractivity contribution in [2.75, 3.05) is 0 Å². The molecule has 1 aromatic heterocycles. The Morgan fingerprint density at radius 3 is 2.23 bits per heavy atom. The molecule has 8 heteroatoms. The van der Waals surface area contributed by atoms with Crippen molar-refractivity contribution < 1.29 is 28.2 Å². The second kappa shape index (κ2) is 12.5. The third-order valence-electron chi connectivity index (χ3n) is 7.99. The number of fused-ring (bicyclic) bond motifs is 1. The predicted octanol–water partition coefficient (Wildman–Crippen LogP) is 7.76. The number of carboxylic acids is 1. The van der Waals surface area contributed by atoms with Crippen molar-refractivity contribution in [1.29, 1.82) is 0 Å². The molecule has 1 aliphatic carbocycles. The van der Waals surface area contributed by atoms with Crippen LogP contribution in [0.2, 0.25) is 0 Å². The summed E-state index contributed by atoms with van der Waals surface area (Å²) < 4.78 is 33.5. The molecule has 224 valence electrons. The van der Waals surface area contributed by atoms with Crippen LogP contribution in [-0.2, 0) is 23.1 Å². The molecule has 1 aliphatic rings. The summed E-state index contributed by atoms with van der Waals surface area (Å²) in [5.41, 5.74) is 2.21. The molecule has 0 saturated heterocycles.